The minimum Gasteiger partial charge on any atom is -0.508 e. The Morgan fingerprint density at radius 3 is 1.51 bits per heavy atom. The molecule has 26 heteroatoms. The number of nitrogens with zero attached hydrogens (tertiary/aromatic N) is 2. The number of benzene rings is 1. The Bertz CT molecular complexity index is 1920. The van der Waals surface area contributed by atoms with E-state index in [4.69, 9.17) is 33.8 Å². The third-order valence-electron chi connectivity index (χ3n) is 9.75. The third kappa shape index (κ3) is 23.5. The number of carboxylic acids is 3. The zero-order valence-corrected chi connectivity index (χ0v) is 38.0. The number of amides is 6. The summed E-state index contributed by atoms with van der Waals surface area (Å²) in [5, 5.41) is 53.1. The highest BCUT2D eigenvalue weighted by Gasteiger charge is 2.35. The van der Waals surface area contributed by atoms with Crippen molar-refractivity contribution in [3.63, 3.8) is 0 Å². The van der Waals surface area contributed by atoms with Crippen molar-refractivity contribution in [3.05, 3.63) is 29.8 Å². The van der Waals surface area contributed by atoms with Gasteiger partial charge in [0, 0.05) is 25.9 Å². The number of phenols is 1. The first-order valence-corrected chi connectivity index (χ1v) is 21.4. The Balaban J connectivity index is 3.45. The average molecular weight is 950 g/mol. The fourth-order valence-electron chi connectivity index (χ4n) is 6.28. The molecule has 0 aliphatic heterocycles. The number of nitrogens with two attached hydrogens (primary N) is 5. The summed E-state index contributed by atoms with van der Waals surface area (Å²) < 4.78 is 0. The number of hydrogen-bond acceptors (Lipinski definition) is 13. The Morgan fingerprint density at radius 1 is 0.567 bits per heavy atom. The Kier molecular flexibility index (Phi) is 25.3. The minimum absolute atomic E-state index is 0.00728. The van der Waals surface area contributed by atoms with Gasteiger partial charge in [-0.15, -0.1) is 0 Å². The number of carboxylic acid groups (broad SMARTS) is 3. The van der Waals surface area contributed by atoms with Crippen LogP contribution in [0.3, 0.4) is 0 Å². The van der Waals surface area contributed by atoms with Crippen LogP contribution in [0, 0.1) is 11.8 Å². The molecule has 6 amide bonds. The Labute approximate surface area is 387 Å². The number of carbonyl (C=O) groups excluding carboxylic acids is 6. The number of aliphatic carboxylic acids is 3. The summed E-state index contributed by atoms with van der Waals surface area (Å²) in [5.74, 6) is -11.2. The summed E-state index contributed by atoms with van der Waals surface area (Å²) in [6.45, 7) is 6.71. The zero-order chi connectivity index (χ0) is 51.0. The lowest BCUT2D eigenvalue weighted by atomic mass is 9.98. The quantitative estimate of drug-likeness (QED) is 0.0194. The Morgan fingerprint density at radius 2 is 1.01 bits per heavy atom. The highest BCUT2D eigenvalue weighted by molar-refractivity contribution is 5.97. The zero-order valence-electron chi connectivity index (χ0n) is 38.0. The molecule has 1 aromatic rings. The standard InChI is InChI=1S/C41H67N13O13/c1-20(2)17-28(36(63)52-29(18-22-9-11-23(55)12-10-22)37(64)51-27(39(66)67)8-6-16-48-41(45)46)53-38(65)32(21(3)4)54-35(62)26(13-14-30(56)57)50-34(61)25(7-5-15-47-40(43)44)49-33(60)24(42)19-31(58)59/h9-12,20-21,24-29,32,55H,5-8,13-19,42H2,1-4H3,(H,49,60)(H,50,61)(H,51,64)(H,52,63)(H,53,65)(H,54,62)(H,56,57)(H,58,59)(H,66,67)(H4,43,44,47)(H4,45,46,48). The van der Waals surface area contributed by atoms with E-state index in [1.165, 1.54) is 24.3 Å². The van der Waals surface area contributed by atoms with Crippen LogP contribution in [0.4, 0.5) is 0 Å². The van der Waals surface area contributed by atoms with E-state index in [9.17, 15) is 58.5 Å². The third-order valence-corrected chi connectivity index (χ3v) is 9.75. The van der Waals surface area contributed by atoms with Crippen LogP contribution in [0.1, 0.15) is 84.6 Å². The molecule has 0 saturated carbocycles. The van der Waals surface area contributed by atoms with Gasteiger partial charge in [0.05, 0.1) is 12.5 Å². The summed E-state index contributed by atoms with van der Waals surface area (Å²) >= 11 is 0. The van der Waals surface area contributed by atoms with Crippen LogP contribution in [0.2, 0.25) is 0 Å². The van der Waals surface area contributed by atoms with Crippen LogP contribution in [0.5, 0.6) is 5.75 Å². The SMILES string of the molecule is CC(C)CC(NC(=O)C(NC(=O)C(CCC(=O)O)NC(=O)C(CCCN=C(N)N)NC(=O)C(N)CC(=O)O)C(C)C)C(=O)NC(Cc1ccc(O)cc1)C(=O)NC(CCCN=C(N)N)C(=O)O. The van der Waals surface area contributed by atoms with E-state index in [1.54, 1.807) is 27.7 Å². The number of aromatic hydroxyl groups is 1. The molecule has 0 spiro atoms. The second-order valence-electron chi connectivity index (χ2n) is 16.4. The smallest absolute Gasteiger partial charge is 0.326 e. The molecule has 0 aliphatic carbocycles. The number of hydrogen-bond donors (Lipinski definition) is 15. The van der Waals surface area contributed by atoms with Gasteiger partial charge in [-0.25, -0.2) is 4.79 Å². The largest absolute Gasteiger partial charge is 0.508 e. The van der Waals surface area contributed by atoms with Crippen LogP contribution >= 0.6 is 0 Å². The van der Waals surface area contributed by atoms with E-state index < -0.39 is 121 Å². The molecule has 7 atom stereocenters. The van der Waals surface area contributed by atoms with E-state index >= 15 is 0 Å². The van der Waals surface area contributed by atoms with Crippen molar-refractivity contribution in [1.29, 1.82) is 0 Å². The predicted molar refractivity (Wildman–Crippen MR) is 242 cm³/mol. The maximum Gasteiger partial charge on any atom is 0.326 e. The molecule has 0 saturated heterocycles. The van der Waals surface area contributed by atoms with Crippen molar-refractivity contribution in [2.75, 3.05) is 13.1 Å². The second-order valence-corrected chi connectivity index (χ2v) is 16.4. The molecule has 26 nitrogen and oxygen atoms in total. The van der Waals surface area contributed by atoms with Crippen LogP contribution in [0.15, 0.2) is 34.3 Å². The second kappa shape index (κ2) is 29.3. The van der Waals surface area contributed by atoms with Crippen molar-refractivity contribution in [3.8, 4) is 5.75 Å². The summed E-state index contributed by atoms with van der Waals surface area (Å²) in [6, 6.07) is -4.49. The Hall–Kier alpha value is -7.25. The number of phenolic OH excluding ortho intramolecular Hbond substituents is 1. The molecule has 1 rings (SSSR count). The molecule has 0 bridgehead atoms. The summed E-state index contributed by atoms with van der Waals surface area (Å²) in [7, 11) is 0. The number of aliphatic imine (C=N–C) groups is 2. The van der Waals surface area contributed by atoms with Crippen molar-refractivity contribution in [1.82, 2.24) is 31.9 Å². The molecule has 20 N–H and O–H groups in total. The van der Waals surface area contributed by atoms with Gasteiger partial charge >= 0.3 is 17.9 Å². The lowest BCUT2D eigenvalue weighted by molar-refractivity contribution is -0.142. The maximum absolute atomic E-state index is 14.0. The van der Waals surface area contributed by atoms with Gasteiger partial charge in [-0.3, -0.25) is 48.3 Å². The predicted octanol–water partition coefficient (Wildman–Crippen LogP) is -3.60. The molecule has 1 aromatic carbocycles. The van der Waals surface area contributed by atoms with Crippen molar-refractivity contribution in [2.24, 2.45) is 50.5 Å². The van der Waals surface area contributed by atoms with E-state index in [1.807, 2.05) is 0 Å². The molecule has 0 radical (unpaired) electrons. The molecule has 0 heterocycles. The lowest BCUT2D eigenvalue weighted by Gasteiger charge is -2.29. The van der Waals surface area contributed by atoms with E-state index in [0.717, 1.165) is 0 Å². The van der Waals surface area contributed by atoms with Gasteiger partial charge < -0.3 is 81.0 Å². The van der Waals surface area contributed by atoms with Gasteiger partial charge in [0.2, 0.25) is 35.4 Å². The number of rotatable bonds is 31. The fourth-order valence-corrected chi connectivity index (χ4v) is 6.28. The highest BCUT2D eigenvalue weighted by Crippen LogP contribution is 2.14. The van der Waals surface area contributed by atoms with Gasteiger partial charge in [-0.2, -0.15) is 0 Å². The highest BCUT2D eigenvalue weighted by atomic mass is 16.4. The molecule has 374 valence electrons. The number of nitrogens with one attached hydrogen (secondary N) is 6. The van der Waals surface area contributed by atoms with Crippen LogP contribution in [-0.4, -0.2) is 141 Å². The summed E-state index contributed by atoms with van der Waals surface area (Å²) in [6.07, 6.45) is -2.01. The minimum atomic E-state index is -1.61. The molecular weight excluding hydrogens is 883 g/mol. The van der Waals surface area contributed by atoms with Gasteiger partial charge in [-0.05, 0) is 68.1 Å². The molecular formula is C41H67N13O13. The number of guanidine groups is 2. The van der Waals surface area contributed by atoms with Gasteiger partial charge in [0.25, 0.3) is 0 Å². The fraction of sp³-hybridized carbons (Fsp3) is 0.585. The summed E-state index contributed by atoms with van der Waals surface area (Å²) in [4.78, 5) is 125. The van der Waals surface area contributed by atoms with E-state index in [-0.39, 0.29) is 75.2 Å². The molecule has 7 unspecified atom stereocenters. The van der Waals surface area contributed by atoms with Crippen LogP contribution in [0.25, 0.3) is 0 Å². The van der Waals surface area contributed by atoms with Gasteiger partial charge in [0.1, 0.15) is 42.0 Å². The lowest BCUT2D eigenvalue weighted by Crippen LogP contribution is -2.61. The van der Waals surface area contributed by atoms with Crippen molar-refractivity contribution in [2.45, 2.75) is 128 Å². The van der Waals surface area contributed by atoms with Crippen molar-refractivity contribution >= 4 is 65.3 Å². The summed E-state index contributed by atoms with van der Waals surface area (Å²) in [5.41, 5.74) is 27.6. The van der Waals surface area contributed by atoms with Crippen LogP contribution in [-0.2, 0) is 49.6 Å². The first-order valence-electron chi connectivity index (χ1n) is 21.4. The van der Waals surface area contributed by atoms with Gasteiger partial charge in [0.15, 0.2) is 11.9 Å². The normalized spacial score (nSPS) is 14.1. The van der Waals surface area contributed by atoms with Crippen molar-refractivity contribution < 1.29 is 63.6 Å². The van der Waals surface area contributed by atoms with E-state index in [0.29, 0.717) is 5.56 Å². The molecule has 67 heavy (non-hydrogen) atoms. The van der Waals surface area contributed by atoms with Gasteiger partial charge in [-0.1, -0.05) is 39.8 Å². The molecule has 0 aromatic heterocycles. The first-order chi connectivity index (χ1) is 31.3. The molecule has 0 aliphatic rings. The van der Waals surface area contributed by atoms with Crippen LogP contribution < -0.4 is 60.6 Å². The molecule has 0 fully saturated rings. The average Bonchev–Trinajstić information content (AvgIpc) is 3.22. The topological polar surface area (TPSA) is 462 Å². The first kappa shape index (κ1) is 57.8. The monoisotopic (exact) mass is 949 g/mol. The van der Waals surface area contributed by atoms with E-state index in [2.05, 4.69) is 41.9 Å². The number of carbonyl (C=O) groups is 9. The maximum atomic E-state index is 14.0.